The van der Waals surface area contributed by atoms with Crippen molar-refractivity contribution in [1.82, 2.24) is 9.80 Å². The molecule has 0 spiro atoms. The summed E-state index contributed by atoms with van der Waals surface area (Å²) in [5.74, 6) is 1.27. The van der Waals surface area contributed by atoms with Crippen LogP contribution in [-0.4, -0.2) is 55.5 Å². The molecule has 152 valence electrons. The number of hydrogen-bond donors (Lipinski definition) is 0. The monoisotopic (exact) mass is 386 g/mol. The number of likely N-dealkylation sites (tertiary alicyclic amines) is 1. The molecule has 1 aromatic rings. The van der Waals surface area contributed by atoms with Gasteiger partial charge in [0.05, 0.1) is 19.8 Å². The molecule has 0 saturated carbocycles. The number of nitrogens with zero attached hydrogens (tertiary/aromatic N) is 2. The van der Waals surface area contributed by atoms with Gasteiger partial charge in [-0.05, 0) is 42.9 Å². The second kappa shape index (κ2) is 8.67. The van der Waals surface area contributed by atoms with Gasteiger partial charge in [0.2, 0.25) is 0 Å². The number of ether oxygens (including phenoxy) is 2. The minimum absolute atomic E-state index is 0.169. The third-order valence-electron chi connectivity index (χ3n) is 5.52. The topological polar surface area (TPSA) is 59.1 Å². The molecule has 0 radical (unpaired) electrons. The first-order valence-corrected chi connectivity index (χ1v) is 10.1. The normalized spacial score (nSPS) is 20.2. The second-order valence-electron chi connectivity index (χ2n) is 7.60. The molecule has 6 heteroatoms. The Morgan fingerprint density at radius 3 is 2.50 bits per heavy atom. The molecule has 3 rings (SSSR count). The predicted octanol–water partition coefficient (Wildman–Crippen LogP) is 3.32. The lowest BCUT2D eigenvalue weighted by Crippen LogP contribution is -2.39. The number of unbranched alkanes of at least 4 members (excludes halogenated alkanes) is 1. The van der Waals surface area contributed by atoms with Crippen LogP contribution in [0.25, 0.3) is 5.57 Å². The fourth-order valence-electron chi connectivity index (χ4n) is 4.02. The fourth-order valence-corrected chi connectivity index (χ4v) is 4.02. The first-order valence-electron chi connectivity index (χ1n) is 10.1. The van der Waals surface area contributed by atoms with E-state index in [9.17, 15) is 9.59 Å². The van der Waals surface area contributed by atoms with E-state index in [1.54, 1.807) is 26.4 Å². The summed E-state index contributed by atoms with van der Waals surface area (Å²) in [7, 11) is 3.15. The molecule has 2 aliphatic heterocycles. The van der Waals surface area contributed by atoms with Crippen LogP contribution < -0.4 is 9.47 Å². The molecule has 1 fully saturated rings. The maximum absolute atomic E-state index is 13.3. The van der Waals surface area contributed by atoms with Crippen molar-refractivity contribution >= 4 is 17.4 Å². The van der Waals surface area contributed by atoms with Crippen LogP contribution in [0.4, 0.5) is 0 Å². The predicted molar refractivity (Wildman–Crippen MR) is 108 cm³/mol. The highest BCUT2D eigenvalue weighted by molar-refractivity contribution is 6.35. The Hall–Kier alpha value is -2.50. The maximum Gasteiger partial charge on any atom is 0.277 e. The smallest absolute Gasteiger partial charge is 0.277 e. The Morgan fingerprint density at radius 1 is 1.11 bits per heavy atom. The van der Waals surface area contributed by atoms with Crippen LogP contribution in [0.2, 0.25) is 0 Å². The zero-order chi connectivity index (χ0) is 20.3. The van der Waals surface area contributed by atoms with E-state index >= 15 is 0 Å². The van der Waals surface area contributed by atoms with Gasteiger partial charge in [0.25, 0.3) is 11.8 Å². The summed E-state index contributed by atoms with van der Waals surface area (Å²) >= 11 is 0. The molecule has 1 atom stereocenters. The van der Waals surface area contributed by atoms with E-state index in [0.717, 1.165) is 38.8 Å². The lowest BCUT2D eigenvalue weighted by molar-refractivity contribution is -0.137. The number of hydrogen-bond acceptors (Lipinski definition) is 5. The summed E-state index contributed by atoms with van der Waals surface area (Å²) in [6.45, 7) is 6.31. The number of carbonyl (C=O) groups excluding carboxylic acids is 2. The van der Waals surface area contributed by atoms with Crippen LogP contribution in [0, 0.1) is 5.92 Å². The lowest BCUT2D eigenvalue weighted by atomic mass is 9.97. The van der Waals surface area contributed by atoms with Crippen molar-refractivity contribution < 1.29 is 19.1 Å². The van der Waals surface area contributed by atoms with E-state index in [1.165, 1.54) is 4.90 Å². The van der Waals surface area contributed by atoms with Crippen LogP contribution >= 0.6 is 0 Å². The van der Waals surface area contributed by atoms with Gasteiger partial charge in [-0.15, -0.1) is 0 Å². The number of benzene rings is 1. The molecule has 1 aromatic carbocycles. The van der Waals surface area contributed by atoms with E-state index in [0.29, 0.717) is 40.8 Å². The van der Waals surface area contributed by atoms with Crippen LogP contribution in [0.15, 0.2) is 23.9 Å². The molecular weight excluding hydrogens is 356 g/mol. The zero-order valence-electron chi connectivity index (χ0n) is 17.3. The van der Waals surface area contributed by atoms with Gasteiger partial charge >= 0.3 is 0 Å². The fraction of sp³-hybridized carbons (Fsp3) is 0.545. The minimum atomic E-state index is -0.209. The van der Waals surface area contributed by atoms with Crippen LogP contribution in [0.5, 0.6) is 11.5 Å². The molecule has 6 nitrogen and oxygen atoms in total. The molecule has 0 aliphatic carbocycles. The Bertz CT molecular complexity index is 787. The van der Waals surface area contributed by atoms with Crippen LogP contribution in [-0.2, 0) is 9.59 Å². The molecule has 2 amide bonds. The SMILES string of the molecule is CCCCN1C(=O)C(c2ccc(OC)c(OC)c2)=C(N2CCCC(C)C2)C1=O. The van der Waals surface area contributed by atoms with Crippen molar-refractivity contribution in [2.24, 2.45) is 5.92 Å². The van der Waals surface area contributed by atoms with Crippen LogP contribution in [0.1, 0.15) is 45.1 Å². The van der Waals surface area contributed by atoms with Gasteiger partial charge in [0.15, 0.2) is 11.5 Å². The number of piperidine rings is 1. The van der Waals surface area contributed by atoms with Crippen molar-refractivity contribution in [2.45, 2.75) is 39.5 Å². The van der Waals surface area contributed by atoms with Gasteiger partial charge in [0, 0.05) is 19.6 Å². The number of rotatable bonds is 7. The molecular formula is C22H30N2O4. The van der Waals surface area contributed by atoms with Gasteiger partial charge in [-0.2, -0.15) is 0 Å². The van der Waals surface area contributed by atoms with Gasteiger partial charge in [-0.1, -0.05) is 26.3 Å². The number of imide groups is 1. The van der Waals surface area contributed by atoms with Gasteiger partial charge in [-0.3, -0.25) is 14.5 Å². The highest BCUT2D eigenvalue weighted by Crippen LogP contribution is 2.37. The number of carbonyl (C=O) groups is 2. The van der Waals surface area contributed by atoms with E-state index < -0.39 is 0 Å². The standard InChI is InChI=1S/C22H30N2O4/c1-5-6-12-24-21(25)19(16-9-10-17(27-3)18(13-16)28-4)20(22(24)26)23-11-7-8-15(2)14-23/h9-10,13,15H,5-8,11-12,14H2,1-4H3. The van der Waals surface area contributed by atoms with Crippen molar-refractivity contribution in [3.05, 3.63) is 29.5 Å². The highest BCUT2D eigenvalue weighted by Gasteiger charge is 2.42. The van der Waals surface area contributed by atoms with Crippen molar-refractivity contribution in [3.8, 4) is 11.5 Å². The molecule has 2 aliphatic rings. The molecule has 28 heavy (non-hydrogen) atoms. The minimum Gasteiger partial charge on any atom is -0.493 e. The Labute approximate surface area is 167 Å². The number of methoxy groups -OCH3 is 2. The third kappa shape index (κ3) is 3.73. The summed E-state index contributed by atoms with van der Waals surface area (Å²) in [6.07, 6.45) is 3.91. The summed E-state index contributed by atoms with van der Waals surface area (Å²) < 4.78 is 10.7. The zero-order valence-corrected chi connectivity index (χ0v) is 17.3. The van der Waals surface area contributed by atoms with E-state index in [4.69, 9.17) is 9.47 Å². The summed E-state index contributed by atoms with van der Waals surface area (Å²) in [5, 5.41) is 0. The van der Waals surface area contributed by atoms with Crippen molar-refractivity contribution in [3.63, 3.8) is 0 Å². The van der Waals surface area contributed by atoms with Gasteiger partial charge in [-0.25, -0.2) is 0 Å². The maximum atomic E-state index is 13.3. The summed E-state index contributed by atoms with van der Waals surface area (Å²) in [5.41, 5.74) is 1.72. The highest BCUT2D eigenvalue weighted by atomic mass is 16.5. The second-order valence-corrected chi connectivity index (χ2v) is 7.60. The van der Waals surface area contributed by atoms with E-state index in [1.807, 2.05) is 6.07 Å². The quantitative estimate of drug-likeness (QED) is 0.673. The molecule has 1 unspecified atom stereocenters. The van der Waals surface area contributed by atoms with Gasteiger partial charge in [0.1, 0.15) is 5.70 Å². The average Bonchev–Trinajstić information content (AvgIpc) is 2.95. The third-order valence-corrected chi connectivity index (χ3v) is 5.52. The Kier molecular flexibility index (Phi) is 6.27. The molecule has 0 N–H and O–H groups in total. The van der Waals surface area contributed by atoms with Crippen molar-refractivity contribution in [1.29, 1.82) is 0 Å². The molecule has 0 aromatic heterocycles. The largest absolute Gasteiger partial charge is 0.493 e. The molecule has 0 bridgehead atoms. The van der Waals surface area contributed by atoms with Crippen LogP contribution in [0.3, 0.4) is 0 Å². The van der Waals surface area contributed by atoms with Gasteiger partial charge < -0.3 is 14.4 Å². The van der Waals surface area contributed by atoms with Crippen molar-refractivity contribution in [2.75, 3.05) is 33.9 Å². The average molecular weight is 386 g/mol. The van der Waals surface area contributed by atoms with E-state index in [-0.39, 0.29) is 11.8 Å². The first-order chi connectivity index (χ1) is 13.5. The number of amides is 2. The summed E-state index contributed by atoms with van der Waals surface area (Å²) in [6, 6.07) is 5.40. The molecule has 2 heterocycles. The van der Waals surface area contributed by atoms with E-state index in [2.05, 4.69) is 18.7 Å². The summed E-state index contributed by atoms with van der Waals surface area (Å²) in [4.78, 5) is 30.0. The Balaban J connectivity index is 2.07. The first kappa shape index (κ1) is 20.2. The lowest BCUT2D eigenvalue weighted by Gasteiger charge is -2.33. The Morgan fingerprint density at radius 2 is 1.86 bits per heavy atom. The molecule has 1 saturated heterocycles.